The van der Waals surface area contributed by atoms with Crippen LogP contribution in [0.2, 0.25) is 0 Å². The Hall–Kier alpha value is -1.88. The Bertz CT molecular complexity index is 601. The van der Waals surface area contributed by atoms with Gasteiger partial charge in [-0.3, -0.25) is 4.68 Å². The summed E-state index contributed by atoms with van der Waals surface area (Å²) in [6, 6.07) is 8.11. The van der Waals surface area contributed by atoms with Gasteiger partial charge in [0.2, 0.25) is 0 Å². The van der Waals surface area contributed by atoms with Crippen LogP contribution in [0.15, 0.2) is 24.3 Å². The Labute approximate surface area is 112 Å². The van der Waals surface area contributed by atoms with E-state index in [-0.39, 0.29) is 0 Å². The van der Waals surface area contributed by atoms with Crippen molar-refractivity contribution in [2.45, 2.75) is 13.8 Å². The van der Waals surface area contributed by atoms with Gasteiger partial charge in [0.05, 0.1) is 11.3 Å². The molecule has 0 radical (unpaired) electrons. The molecule has 0 saturated carbocycles. The van der Waals surface area contributed by atoms with Crippen LogP contribution in [0.5, 0.6) is 0 Å². The third kappa shape index (κ3) is 2.36. The molecule has 94 valence electrons. The molecule has 2 aromatic rings. The SMILES string of the molecule is Cc1cccc(Nc2c(C(N)=S)c(C)nn2C)c1. The molecule has 5 heteroatoms. The van der Waals surface area contributed by atoms with E-state index in [4.69, 9.17) is 18.0 Å². The van der Waals surface area contributed by atoms with E-state index >= 15 is 0 Å². The van der Waals surface area contributed by atoms with Gasteiger partial charge in [-0.2, -0.15) is 5.10 Å². The average molecular weight is 260 g/mol. The Morgan fingerprint density at radius 3 is 2.72 bits per heavy atom. The van der Waals surface area contributed by atoms with Crippen LogP contribution in [-0.2, 0) is 7.05 Å². The monoisotopic (exact) mass is 260 g/mol. The first-order valence-corrected chi connectivity index (χ1v) is 6.07. The predicted molar refractivity (Wildman–Crippen MR) is 78.3 cm³/mol. The number of hydrogen-bond donors (Lipinski definition) is 2. The van der Waals surface area contributed by atoms with Crippen molar-refractivity contribution < 1.29 is 0 Å². The minimum absolute atomic E-state index is 0.357. The summed E-state index contributed by atoms with van der Waals surface area (Å²) >= 11 is 5.08. The Morgan fingerprint density at radius 1 is 1.39 bits per heavy atom. The average Bonchev–Trinajstić information content (AvgIpc) is 2.53. The summed E-state index contributed by atoms with van der Waals surface area (Å²) in [5.41, 5.74) is 9.57. The maximum absolute atomic E-state index is 5.75. The van der Waals surface area contributed by atoms with Crippen LogP contribution in [-0.4, -0.2) is 14.8 Å². The molecule has 0 aliphatic heterocycles. The first-order chi connectivity index (χ1) is 8.49. The second-order valence-corrected chi connectivity index (χ2v) is 4.73. The summed E-state index contributed by atoms with van der Waals surface area (Å²) in [5, 5.41) is 7.65. The number of nitrogens with two attached hydrogens (primary N) is 1. The number of rotatable bonds is 3. The zero-order valence-electron chi connectivity index (χ0n) is 10.7. The fourth-order valence-electron chi connectivity index (χ4n) is 1.96. The maximum atomic E-state index is 5.75. The van der Waals surface area contributed by atoms with Crippen LogP contribution in [0, 0.1) is 13.8 Å². The molecule has 2 rings (SSSR count). The topological polar surface area (TPSA) is 55.9 Å². The second kappa shape index (κ2) is 4.78. The van der Waals surface area contributed by atoms with Gasteiger partial charge >= 0.3 is 0 Å². The number of anilines is 2. The minimum Gasteiger partial charge on any atom is -0.389 e. The molecular formula is C13H16N4S. The molecule has 1 aromatic heterocycles. The maximum Gasteiger partial charge on any atom is 0.138 e. The smallest absolute Gasteiger partial charge is 0.138 e. The van der Waals surface area contributed by atoms with Gasteiger partial charge in [-0.15, -0.1) is 0 Å². The van der Waals surface area contributed by atoms with Crippen molar-refractivity contribution in [2.75, 3.05) is 5.32 Å². The molecule has 0 amide bonds. The summed E-state index contributed by atoms with van der Waals surface area (Å²) in [7, 11) is 1.87. The number of thiocarbonyl (C=S) groups is 1. The molecule has 4 nitrogen and oxygen atoms in total. The molecular weight excluding hydrogens is 244 g/mol. The number of aromatic nitrogens is 2. The molecule has 1 heterocycles. The van der Waals surface area contributed by atoms with Crippen LogP contribution in [0.3, 0.4) is 0 Å². The van der Waals surface area contributed by atoms with Gasteiger partial charge in [-0.25, -0.2) is 0 Å². The van der Waals surface area contributed by atoms with Crippen molar-refractivity contribution in [3.8, 4) is 0 Å². The first-order valence-electron chi connectivity index (χ1n) is 5.66. The molecule has 0 bridgehead atoms. The van der Waals surface area contributed by atoms with Crippen LogP contribution < -0.4 is 11.1 Å². The van der Waals surface area contributed by atoms with Crippen molar-refractivity contribution in [2.24, 2.45) is 12.8 Å². The zero-order chi connectivity index (χ0) is 13.3. The van der Waals surface area contributed by atoms with Crippen LogP contribution >= 0.6 is 12.2 Å². The standard InChI is InChI=1S/C13H16N4S/c1-8-5-4-6-10(7-8)15-13-11(12(14)18)9(2)16-17(13)3/h4-7,15H,1-3H3,(H2,14,18). The quantitative estimate of drug-likeness (QED) is 0.832. The fourth-order valence-corrected chi connectivity index (χ4v) is 2.20. The summed E-state index contributed by atoms with van der Waals surface area (Å²) in [6.45, 7) is 3.95. The van der Waals surface area contributed by atoms with E-state index in [0.717, 1.165) is 22.8 Å². The lowest BCUT2D eigenvalue weighted by Gasteiger charge is -2.09. The second-order valence-electron chi connectivity index (χ2n) is 4.29. The van der Waals surface area contributed by atoms with Crippen molar-refractivity contribution in [1.29, 1.82) is 0 Å². The highest BCUT2D eigenvalue weighted by Crippen LogP contribution is 2.23. The third-order valence-corrected chi connectivity index (χ3v) is 2.95. The number of hydrogen-bond acceptors (Lipinski definition) is 3. The Kier molecular flexibility index (Phi) is 3.34. The van der Waals surface area contributed by atoms with Gasteiger partial charge in [-0.05, 0) is 31.5 Å². The Morgan fingerprint density at radius 2 is 2.11 bits per heavy atom. The van der Waals surface area contributed by atoms with Gasteiger partial charge in [-0.1, -0.05) is 24.4 Å². The largest absolute Gasteiger partial charge is 0.389 e. The fraction of sp³-hybridized carbons (Fsp3) is 0.231. The van der Waals surface area contributed by atoms with E-state index in [9.17, 15) is 0 Å². The molecule has 0 aliphatic carbocycles. The lowest BCUT2D eigenvalue weighted by molar-refractivity contribution is 0.765. The number of benzene rings is 1. The normalized spacial score (nSPS) is 10.4. The summed E-state index contributed by atoms with van der Waals surface area (Å²) in [4.78, 5) is 0.357. The highest BCUT2D eigenvalue weighted by molar-refractivity contribution is 7.80. The van der Waals surface area contributed by atoms with E-state index in [2.05, 4.69) is 16.5 Å². The number of nitrogens with one attached hydrogen (secondary N) is 1. The van der Waals surface area contributed by atoms with Gasteiger partial charge in [0.25, 0.3) is 0 Å². The van der Waals surface area contributed by atoms with Crippen LogP contribution in [0.1, 0.15) is 16.8 Å². The molecule has 1 aromatic carbocycles. The van der Waals surface area contributed by atoms with Crippen molar-refractivity contribution in [3.63, 3.8) is 0 Å². The van der Waals surface area contributed by atoms with E-state index < -0.39 is 0 Å². The molecule has 0 aliphatic rings. The van der Waals surface area contributed by atoms with Crippen LogP contribution in [0.4, 0.5) is 11.5 Å². The molecule has 0 saturated heterocycles. The van der Waals surface area contributed by atoms with Crippen molar-refractivity contribution >= 4 is 28.7 Å². The first kappa shape index (κ1) is 12.6. The molecule has 18 heavy (non-hydrogen) atoms. The minimum atomic E-state index is 0.357. The lowest BCUT2D eigenvalue weighted by Crippen LogP contribution is -2.13. The van der Waals surface area contributed by atoms with E-state index in [0.29, 0.717) is 4.99 Å². The Balaban J connectivity index is 2.43. The molecule has 0 unspecified atom stereocenters. The summed E-state index contributed by atoms with van der Waals surface area (Å²) in [5.74, 6) is 0.825. The molecule has 0 fully saturated rings. The van der Waals surface area contributed by atoms with Gasteiger partial charge < -0.3 is 11.1 Å². The predicted octanol–water partition coefficient (Wildman–Crippen LogP) is 2.41. The lowest BCUT2D eigenvalue weighted by atomic mass is 10.2. The van der Waals surface area contributed by atoms with Crippen molar-refractivity contribution in [3.05, 3.63) is 41.1 Å². The van der Waals surface area contributed by atoms with Gasteiger partial charge in [0, 0.05) is 12.7 Å². The van der Waals surface area contributed by atoms with E-state index in [1.807, 2.05) is 39.1 Å². The molecule has 0 atom stereocenters. The summed E-state index contributed by atoms with van der Waals surface area (Å²) < 4.78 is 1.76. The highest BCUT2D eigenvalue weighted by atomic mass is 32.1. The van der Waals surface area contributed by atoms with E-state index in [1.165, 1.54) is 5.56 Å². The third-order valence-electron chi connectivity index (χ3n) is 2.75. The molecule has 3 N–H and O–H groups in total. The van der Waals surface area contributed by atoms with Gasteiger partial charge in [0.15, 0.2) is 0 Å². The van der Waals surface area contributed by atoms with Crippen molar-refractivity contribution in [1.82, 2.24) is 9.78 Å². The number of nitrogens with zero attached hydrogens (tertiary/aromatic N) is 2. The molecule has 0 spiro atoms. The van der Waals surface area contributed by atoms with Gasteiger partial charge in [0.1, 0.15) is 10.8 Å². The number of aryl methyl sites for hydroxylation is 3. The summed E-state index contributed by atoms with van der Waals surface area (Å²) in [6.07, 6.45) is 0. The van der Waals surface area contributed by atoms with E-state index in [1.54, 1.807) is 4.68 Å². The van der Waals surface area contributed by atoms with Crippen LogP contribution in [0.25, 0.3) is 0 Å². The highest BCUT2D eigenvalue weighted by Gasteiger charge is 2.15. The zero-order valence-corrected chi connectivity index (χ0v) is 11.5.